The van der Waals surface area contributed by atoms with Gasteiger partial charge in [-0.3, -0.25) is 9.69 Å². The predicted molar refractivity (Wildman–Crippen MR) is 97.4 cm³/mol. The number of pyridine rings is 1. The summed E-state index contributed by atoms with van der Waals surface area (Å²) in [4.78, 5) is 32.2. The molecule has 1 saturated heterocycles. The molecule has 2 rings (SSSR count). The highest BCUT2D eigenvalue weighted by atomic mass is 16.6. The molecular weight excluding hydrogens is 336 g/mol. The van der Waals surface area contributed by atoms with Gasteiger partial charge in [0.15, 0.2) is 0 Å². The second-order valence-corrected chi connectivity index (χ2v) is 7.13. The fourth-order valence-electron chi connectivity index (χ4n) is 2.63. The van der Waals surface area contributed by atoms with Crippen LogP contribution in [0.25, 0.3) is 0 Å². The lowest BCUT2D eigenvalue weighted by Gasteiger charge is -2.35. The van der Waals surface area contributed by atoms with Crippen LogP contribution in [0.1, 0.15) is 31.1 Å². The molecule has 26 heavy (non-hydrogen) atoms. The summed E-state index contributed by atoms with van der Waals surface area (Å²) in [5.41, 5.74) is -0.0592. The van der Waals surface area contributed by atoms with Crippen LogP contribution in [0.4, 0.5) is 4.79 Å². The van der Waals surface area contributed by atoms with Crippen molar-refractivity contribution in [2.24, 2.45) is 0 Å². The number of hydrogen-bond acceptors (Lipinski definition) is 6. The van der Waals surface area contributed by atoms with E-state index in [1.807, 2.05) is 20.8 Å². The fourth-order valence-corrected chi connectivity index (χ4v) is 2.63. The maximum absolute atomic E-state index is 12.2. The Bertz CT molecular complexity index is 622. The zero-order valence-corrected chi connectivity index (χ0v) is 15.9. The average Bonchev–Trinajstić information content (AvgIpc) is 2.60. The molecule has 0 bridgehead atoms. The number of carbonyl (C=O) groups excluding carboxylic acids is 2. The van der Waals surface area contributed by atoms with E-state index in [1.165, 1.54) is 7.11 Å². The zero-order chi connectivity index (χ0) is 19.2. The first-order valence-electron chi connectivity index (χ1n) is 8.77. The van der Waals surface area contributed by atoms with Gasteiger partial charge in [-0.2, -0.15) is 0 Å². The Morgan fingerprint density at radius 3 is 2.54 bits per heavy atom. The monoisotopic (exact) mass is 364 g/mol. The molecule has 2 amide bonds. The van der Waals surface area contributed by atoms with E-state index in [4.69, 9.17) is 9.47 Å². The maximum atomic E-state index is 12.2. The summed E-state index contributed by atoms with van der Waals surface area (Å²) >= 11 is 0. The van der Waals surface area contributed by atoms with Crippen LogP contribution in [0, 0.1) is 0 Å². The number of rotatable bonds is 5. The fraction of sp³-hybridized carbons (Fsp3) is 0.611. The quantitative estimate of drug-likeness (QED) is 0.850. The Morgan fingerprint density at radius 1 is 1.23 bits per heavy atom. The Morgan fingerprint density at radius 2 is 1.92 bits per heavy atom. The van der Waals surface area contributed by atoms with Crippen molar-refractivity contribution in [2.45, 2.75) is 26.4 Å². The van der Waals surface area contributed by atoms with Gasteiger partial charge in [-0.15, -0.1) is 0 Å². The lowest BCUT2D eigenvalue weighted by molar-refractivity contribution is 0.0147. The number of ether oxygens (including phenoxy) is 2. The number of carbonyl (C=O) groups is 2. The first kappa shape index (κ1) is 20.0. The van der Waals surface area contributed by atoms with Crippen molar-refractivity contribution in [1.29, 1.82) is 0 Å². The summed E-state index contributed by atoms with van der Waals surface area (Å²) in [5.74, 6) is 0.110. The van der Waals surface area contributed by atoms with Gasteiger partial charge in [0.25, 0.3) is 5.91 Å². The van der Waals surface area contributed by atoms with Crippen LogP contribution in [0.3, 0.4) is 0 Å². The number of amides is 2. The van der Waals surface area contributed by atoms with Crippen molar-refractivity contribution in [3.05, 3.63) is 23.9 Å². The number of aromatic nitrogens is 1. The highest BCUT2D eigenvalue weighted by Gasteiger charge is 2.25. The van der Waals surface area contributed by atoms with Gasteiger partial charge in [-0.25, -0.2) is 9.78 Å². The van der Waals surface area contributed by atoms with Gasteiger partial charge in [0.1, 0.15) is 11.2 Å². The van der Waals surface area contributed by atoms with Crippen LogP contribution in [0.5, 0.6) is 5.88 Å². The van der Waals surface area contributed by atoms with E-state index in [0.29, 0.717) is 31.1 Å². The molecule has 0 aromatic carbocycles. The molecule has 0 atom stereocenters. The molecule has 2 heterocycles. The molecule has 0 unspecified atom stereocenters. The van der Waals surface area contributed by atoms with Crippen molar-refractivity contribution in [2.75, 3.05) is 46.4 Å². The third-order valence-electron chi connectivity index (χ3n) is 3.95. The molecule has 8 heteroatoms. The predicted octanol–water partition coefficient (Wildman–Crippen LogP) is 1.37. The summed E-state index contributed by atoms with van der Waals surface area (Å²) in [6.45, 7) is 9.58. The summed E-state index contributed by atoms with van der Waals surface area (Å²) in [6, 6.07) is 3.38. The smallest absolute Gasteiger partial charge is 0.410 e. The Balaban J connectivity index is 1.72. The molecule has 0 saturated carbocycles. The molecular formula is C18H28N4O4. The number of hydrogen-bond donors (Lipinski definition) is 1. The molecule has 1 aromatic heterocycles. The molecule has 144 valence electrons. The molecule has 0 spiro atoms. The molecule has 1 N–H and O–H groups in total. The standard InChI is InChI=1S/C18H28N4O4/c1-18(2,3)26-17(24)22-12-10-21(11-13-22)9-8-19-15(23)14-6-5-7-20-16(14)25-4/h5-7H,8-13H2,1-4H3,(H,19,23). The minimum Gasteiger partial charge on any atom is -0.480 e. The Labute approximate surface area is 154 Å². The van der Waals surface area contributed by atoms with Gasteiger partial charge in [0.05, 0.1) is 7.11 Å². The lowest BCUT2D eigenvalue weighted by atomic mass is 10.2. The summed E-state index contributed by atoms with van der Waals surface area (Å²) < 4.78 is 10.5. The summed E-state index contributed by atoms with van der Waals surface area (Å²) in [6.07, 6.45) is 1.31. The van der Waals surface area contributed by atoms with Crippen molar-refractivity contribution in [1.82, 2.24) is 20.1 Å². The molecule has 1 aliphatic rings. The van der Waals surface area contributed by atoms with E-state index in [0.717, 1.165) is 19.6 Å². The van der Waals surface area contributed by atoms with Crippen LogP contribution < -0.4 is 10.1 Å². The van der Waals surface area contributed by atoms with Crippen molar-refractivity contribution in [3.8, 4) is 5.88 Å². The van der Waals surface area contributed by atoms with E-state index in [1.54, 1.807) is 23.2 Å². The molecule has 1 aromatic rings. The highest BCUT2D eigenvalue weighted by Crippen LogP contribution is 2.13. The zero-order valence-electron chi connectivity index (χ0n) is 15.9. The van der Waals surface area contributed by atoms with Crippen LogP contribution in [-0.2, 0) is 4.74 Å². The second kappa shape index (κ2) is 8.84. The van der Waals surface area contributed by atoms with Crippen LogP contribution >= 0.6 is 0 Å². The summed E-state index contributed by atoms with van der Waals surface area (Å²) in [7, 11) is 1.49. The van der Waals surface area contributed by atoms with Crippen molar-refractivity contribution >= 4 is 12.0 Å². The van der Waals surface area contributed by atoms with E-state index >= 15 is 0 Å². The SMILES string of the molecule is COc1ncccc1C(=O)NCCN1CCN(C(=O)OC(C)(C)C)CC1. The first-order valence-corrected chi connectivity index (χ1v) is 8.77. The number of piperazine rings is 1. The van der Waals surface area contributed by atoms with Gasteiger partial charge in [-0.1, -0.05) is 0 Å². The van der Waals surface area contributed by atoms with Crippen molar-refractivity contribution in [3.63, 3.8) is 0 Å². The molecule has 1 fully saturated rings. The van der Waals surface area contributed by atoms with E-state index < -0.39 is 5.60 Å². The number of nitrogens with zero attached hydrogens (tertiary/aromatic N) is 3. The Kier molecular flexibility index (Phi) is 6.79. The minimum absolute atomic E-state index is 0.206. The Hall–Kier alpha value is -2.35. The first-order chi connectivity index (χ1) is 12.3. The van der Waals surface area contributed by atoms with E-state index in [2.05, 4.69) is 15.2 Å². The minimum atomic E-state index is -0.480. The highest BCUT2D eigenvalue weighted by molar-refractivity contribution is 5.96. The normalized spacial score (nSPS) is 15.5. The summed E-state index contributed by atoms with van der Waals surface area (Å²) in [5, 5.41) is 2.88. The van der Waals surface area contributed by atoms with E-state index in [9.17, 15) is 9.59 Å². The topological polar surface area (TPSA) is 84.0 Å². The van der Waals surface area contributed by atoms with E-state index in [-0.39, 0.29) is 12.0 Å². The van der Waals surface area contributed by atoms with Crippen LogP contribution in [-0.4, -0.2) is 78.8 Å². The van der Waals surface area contributed by atoms with Gasteiger partial charge >= 0.3 is 6.09 Å². The van der Waals surface area contributed by atoms with Gasteiger partial charge in [0, 0.05) is 45.5 Å². The number of methoxy groups -OCH3 is 1. The van der Waals surface area contributed by atoms with Gasteiger partial charge in [-0.05, 0) is 32.9 Å². The van der Waals surface area contributed by atoms with Gasteiger partial charge in [0.2, 0.25) is 5.88 Å². The van der Waals surface area contributed by atoms with Crippen LogP contribution in [0.15, 0.2) is 18.3 Å². The largest absolute Gasteiger partial charge is 0.480 e. The second-order valence-electron chi connectivity index (χ2n) is 7.13. The van der Waals surface area contributed by atoms with Crippen molar-refractivity contribution < 1.29 is 19.1 Å². The third-order valence-corrected chi connectivity index (χ3v) is 3.95. The van der Waals surface area contributed by atoms with Gasteiger partial charge < -0.3 is 19.7 Å². The average molecular weight is 364 g/mol. The molecule has 1 aliphatic heterocycles. The maximum Gasteiger partial charge on any atom is 0.410 e. The molecule has 8 nitrogen and oxygen atoms in total. The number of nitrogens with one attached hydrogen (secondary N) is 1. The molecule has 0 radical (unpaired) electrons. The third kappa shape index (κ3) is 5.87. The van der Waals surface area contributed by atoms with Crippen LogP contribution in [0.2, 0.25) is 0 Å². The lowest BCUT2D eigenvalue weighted by Crippen LogP contribution is -2.51. The molecule has 0 aliphatic carbocycles.